The molecule has 1 aromatic heterocycles. The van der Waals surface area contributed by atoms with E-state index in [1.807, 2.05) is 0 Å². The van der Waals surface area contributed by atoms with Gasteiger partial charge in [-0.25, -0.2) is 18.5 Å². The summed E-state index contributed by atoms with van der Waals surface area (Å²) in [5.74, 6) is 1.56. The first-order valence-electron chi connectivity index (χ1n) is 6.42. The average Bonchev–Trinajstić information content (AvgIpc) is 3.17. The van der Waals surface area contributed by atoms with Crippen LogP contribution >= 0.6 is 0 Å². The summed E-state index contributed by atoms with van der Waals surface area (Å²) in [4.78, 5) is 2.93. The third-order valence-electron chi connectivity index (χ3n) is 2.94. The zero-order chi connectivity index (χ0) is 13.7. The number of ether oxygens (including phenoxy) is 1. The molecule has 0 bridgehead atoms. The molecule has 0 spiro atoms. The van der Waals surface area contributed by atoms with Crippen molar-refractivity contribution < 1.29 is 18.1 Å². The summed E-state index contributed by atoms with van der Waals surface area (Å²) in [6.45, 7) is 2.41. The van der Waals surface area contributed by atoms with Gasteiger partial charge in [0.1, 0.15) is 11.1 Å². The number of aromatic amines is 1. The largest absolute Gasteiger partial charge is 0.381 e. The zero-order valence-corrected chi connectivity index (χ0v) is 11.6. The number of H-pyrrole nitrogens is 1. The summed E-state index contributed by atoms with van der Waals surface area (Å²) in [5.41, 5.74) is 0. The van der Waals surface area contributed by atoms with Crippen LogP contribution in [0.1, 0.15) is 19.3 Å². The topological polar surface area (TPSA) is 95.6 Å². The lowest BCUT2D eigenvalue weighted by atomic mass is 10.4. The van der Waals surface area contributed by atoms with Crippen LogP contribution in [0, 0.1) is 5.92 Å². The fourth-order valence-corrected chi connectivity index (χ4v) is 2.11. The average molecular weight is 286 g/mol. The Morgan fingerprint density at radius 3 is 2.79 bits per heavy atom. The third-order valence-corrected chi connectivity index (χ3v) is 3.86. The lowest BCUT2D eigenvalue weighted by Gasteiger charge is -2.02. The smallest absolute Gasteiger partial charge is 0.272 e. The van der Waals surface area contributed by atoms with E-state index >= 15 is 0 Å². The molecule has 7 heteroatoms. The molecular formula is C12H20N3O3S+. The fourth-order valence-electron chi connectivity index (χ4n) is 1.63. The molecule has 0 radical (unpaired) electrons. The van der Waals surface area contributed by atoms with Crippen molar-refractivity contribution in [2.45, 2.75) is 24.2 Å². The number of pyridine rings is 1. The van der Waals surface area contributed by atoms with Gasteiger partial charge in [0.15, 0.2) is 0 Å². The highest BCUT2D eigenvalue weighted by molar-refractivity contribution is 7.89. The van der Waals surface area contributed by atoms with Crippen LogP contribution in [0.4, 0.5) is 5.82 Å². The van der Waals surface area contributed by atoms with Gasteiger partial charge in [0.25, 0.3) is 5.82 Å². The molecular weight excluding hydrogens is 266 g/mol. The molecule has 0 atom stereocenters. The second-order valence-electron chi connectivity index (χ2n) is 4.78. The van der Waals surface area contributed by atoms with Gasteiger partial charge in [0.05, 0.1) is 13.2 Å². The van der Waals surface area contributed by atoms with Crippen LogP contribution in [-0.2, 0) is 14.8 Å². The Morgan fingerprint density at radius 2 is 2.21 bits per heavy atom. The lowest BCUT2D eigenvalue weighted by Crippen LogP contribution is -2.19. The Hall–Kier alpha value is -1.18. The Labute approximate surface area is 113 Å². The van der Waals surface area contributed by atoms with Crippen molar-refractivity contribution in [2.24, 2.45) is 11.1 Å². The molecule has 1 heterocycles. The first-order chi connectivity index (χ1) is 9.05. The Kier molecular flexibility index (Phi) is 4.73. The normalized spacial score (nSPS) is 15.4. The molecule has 1 aliphatic carbocycles. The zero-order valence-electron chi connectivity index (χ0n) is 10.8. The van der Waals surface area contributed by atoms with Gasteiger partial charge in [-0.3, -0.25) is 5.32 Å². The third kappa shape index (κ3) is 5.14. The minimum Gasteiger partial charge on any atom is -0.381 e. The van der Waals surface area contributed by atoms with Gasteiger partial charge in [0.2, 0.25) is 10.0 Å². The van der Waals surface area contributed by atoms with Crippen LogP contribution in [0.2, 0.25) is 0 Å². The summed E-state index contributed by atoms with van der Waals surface area (Å²) in [5, 5.41) is 8.16. The maximum absolute atomic E-state index is 11.1. The number of nitrogens with two attached hydrogens (primary N) is 1. The highest BCUT2D eigenvalue weighted by Gasteiger charge is 2.20. The Morgan fingerprint density at radius 1 is 1.42 bits per heavy atom. The monoisotopic (exact) mass is 286 g/mol. The molecule has 1 fully saturated rings. The van der Waals surface area contributed by atoms with Gasteiger partial charge in [-0.15, -0.1) is 0 Å². The summed E-state index contributed by atoms with van der Waals surface area (Å²) < 4.78 is 27.6. The number of sulfonamides is 1. The number of hydrogen-bond donors (Lipinski definition) is 2. The quantitative estimate of drug-likeness (QED) is 0.675. The standard InChI is InChI=1S/C12H19N3O3S/c13-19(16,17)11-4-5-12(15-8-11)14-6-1-7-18-9-10-2-3-10/h4-5,8,10H,1-3,6-7,9H2,(H,14,15)(H2,13,16,17)/p+1. The number of rotatable bonds is 8. The highest BCUT2D eigenvalue weighted by Crippen LogP contribution is 2.28. The molecule has 106 valence electrons. The minimum atomic E-state index is -3.63. The first kappa shape index (κ1) is 14.2. The van der Waals surface area contributed by atoms with E-state index in [-0.39, 0.29) is 4.90 Å². The second kappa shape index (κ2) is 6.31. The lowest BCUT2D eigenvalue weighted by molar-refractivity contribution is -0.364. The molecule has 0 saturated heterocycles. The summed E-state index contributed by atoms with van der Waals surface area (Å²) >= 11 is 0. The van der Waals surface area contributed by atoms with E-state index in [1.165, 1.54) is 25.1 Å². The van der Waals surface area contributed by atoms with E-state index in [1.54, 1.807) is 6.07 Å². The van der Waals surface area contributed by atoms with Crippen molar-refractivity contribution in [3.63, 3.8) is 0 Å². The molecule has 6 nitrogen and oxygen atoms in total. The van der Waals surface area contributed by atoms with Crippen LogP contribution in [0.3, 0.4) is 0 Å². The maximum Gasteiger partial charge on any atom is 0.272 e. The van der Waals surface area contributed by atoms with Gasteiger partial charge in [-0.1, -0.05) is 0 Å². The Bertz CT molecular complexity index is 497. The second-order valence-corrected chi connectivity index (χ2v) is 6.34. The van der Waals surface area contributed by atoms with Crippen molar-refractivity contribution >= 4 is 15.8 Å². The fraction of sp³-hybridized carbons (Fsp3) is 0.583. The van der Waals surface area contributed by atoms with E-state index in [9.17, 15) is 8.42 Å². The van der Waals surface area contributed by atoms with Crippen molar-refractivity contribution in [2.75, 3.05) is 25.1 Å². The predicted molar refractivity (Wildman–Crippen MR) is 71.0 cm³/mol. The molecule has 1 aliphatic rings. The SMILES string of the molecule is NS(=O)(=O)c1ccc(NCCCOCC2CC2)[nH+]c1. The van der Waals surface area contributed by atoms with Gasteiger partial charge in [-0.2, -0.15) is 0 Å². The number of nitrogens with one attached hydrogen (secondary N) is 2. The van der Waals surface area contributed by atoms with Gasteiger partial charge in [0, 0.05) is 19.1 Å². The molecule has 0 amide bonds. The number of anilines is 1. The predicted octanol–water partition coefficient (Wildman–Crippen LogP) is 0.377. The van der Waals surface area contributed by atoms with Gasteiger partial charge >= 0.3 is 0 Å². The minimum absolute atomic E-state index is 0.0748. The number of aromatic nitrogens is 1. The van der Waals surface area contributed by atoms with E-state index in [0.29, 0.717) is 0 Å². The summed E-state index contributed by atoms with van der Waals surface area (Å²) in [7, 11) is -3.63. The van der Waals surface area contributed by atoms with Crippen LogP contribution in [0.5, 0.6) is 0 Å². The van der Waals surface area contributed by atoms with E-state index < -0.39 is 10.0 Å². The van der Waals surface area contributed by atoms with Crippen LogP contribution < -0.4 is 15.4 Å². The first-order valence-corrected chi connectivity index (χ1v) is 7.96. The molecule has 19 heavy (non-hydrogen) atoms. The molecule has 0 aliphatic heterocycles. The van der Waals surface area contributed by atoms with Gasteiger partial charge < -0.3 is 4.74 Å². The molecule has 0 aromatic carbocycles. The Balaban J connectivity index is 1.65. The van der Waals surface area contributed by atoms with Crippen molar-refractivity contribution in [3.05, 3.63) is 18.3 Å². The molecule has 2 rings (SSSR count). The van der Waals surface area contributed by atoms with Crippen molar-refractivity contribution in [1.82, 2.24) is 0 Å². The van der Waals surface area contributed by atoms with Crippen molar-refractivity contribution in [1.29, 1.82) is 0 Å². The maximum atomic E-state index is 11.1. The van der Waals surface area contributed by atoms with Crippen LogP contribution in [0.25, 0.3) is 0 Å². The van der Waals surface area contributed by atoms with Crippen molar-refractivity contribution in [3.8, 4) is 0 Å². The molecule has 1 saturated carbocycles. The molecule has 1 aromatic rings. The van der Waals surface area contributed by atoms with Crippen LogP contribution in [-0.4, -0.2) is 28.2 Å². The molecule has 0 unspecified atom stereocenters. The number of hydrogen-bond acceptors (Lipinski definition) is 4. The van der Waals surface area contributed by atoms with E-state index in [4.69, 9.17) is 9.88 Å². The van der Waals surface area contributed by atoms with E-state index in [2.05, 4.69) is 10.3 Å². The highest BCUT2D eigenvalue weighted by atomic mass is 32.2. The summed E-state index contributed by atoms with van der Waals surface area (Å²) in [6, 6.07) is 3.13. The van der Waals surface area contributed by atoms with E-state index in [0.717, 1.165) is 37.9 Å². The van der Waals surface area contributed by atoms with Crippen LogP contribution in [0.15, 0.2) is 23.2 Å². The summed E-state index contributed by atoms with van der Waals surface area (Å²) in [6.07, 6.45) is 4.91. The molecule has 4 N–H and O–H groups in total. The van der Waals surface area contributed by atoms with Gasteiger partial charge in [-0.05, 0) is 24.8 Å². The number of primary sulfonamides is 1.